The number of methoxy groups -OCH3 is 1. The second-order valence-corrected chi connectivity index (χ2v) is 5.98. The van der Waals surface area contributed by atoms with Crippen molar-refractivity contribution in [2.75, 3.05) is 46.6 Å². The summed E-state index contributed by atoms with van der Waals surface area (Å²) in [6, 6.07) is 0.552. The van der Waals surface area contributed by atoms with Crippen molar-refractivity contribution in [3.05, 3.63) is 0 Å². The largest absolute Gasteiger partial charge is 0.384 e. The molecule has 0 spiro atoms. The number of piperidine rings is 1. The number of ether oxygens (including phenoxy) is 2. The van der Waals surface area contributed by atoms with Crippen LogP contribution in [0.25, 0.3) is 0 Å². The van der Waals surface area contributed by atoms with Crippen LogP contribution in [0.3, 0.4) is 0 Å². The third kappa shape index (κ3) is 3.67. The SMILES string of the molecule is COCC1(CNC(C)C2CCOC2)CCNCC1. The predicted octanol–water partition coefficient (Wildman–Crippen LogP) is 1.02. The molecule has 0 radical (unpaired) electrons. The van der Waals surface area contributed by atoms with Crippen molar-refractivity contribution < 1.29 is 9.47 Å². The van der Waals surface area contributed by atoms with Crippen LogP contribution in [-0.4, -0.2) is 52.6 Å². The normalized spacial score (nSPS) is 29.3. The van der Waals surface area contributed by atoms with E-state index in [1.54, 1.807) is 0 Å². The summed E-state index contributed by atoms with van der Waals surface area (Å²) >= 11 is 0. The van der Waals surface area contributed by atoms with Gasteiger partial charge in [-0.05, 0) is 45.2 Å². The van der Waals surface area contributed by atoms with Gasteiger partial charge in [-0.1, -0.05) is 0 Å². The summed E-state index contributed by atoms with van der Waals surface area (Å²) in [4.78, 5) is 0. The Morgan fingerprint density at radius 1 is 1.44 bits per heavy atom. The van der Waals surface area contributed by atoms with E-state index in [0.29, 0.717) is 17.4 Å². The van der Waals surface area contributed by atoms with Gasteiger partial charge in [0.05, 0.1) is 13.2 Å². The van der Waals surface area contributed by atoms with Crippen molar-refractivity contribution in [1.29, 1.82) is 0 Å². The minimum absolute atomic E-state index is 0.327. The molecule has 18 heavy (non-hydrogen) atoms. The Labute approximate surface area is 111 Å². The Kier molecular flexibility index (Phi) is 5.42. The lowest BCUT2D eigenvalue weighted by atomic mass is 9.79. The molecule has 0 aromatic heterocycles. The fourth-order valence-electron chi connectivity index (χ4n) is 3.13. The summed E-state index contributed by atoms with van der Waals surface area (Å²) in [6.45, 7) is 8.32. The van der Waals surface area contributed by atoms with Crippen molar-refractivity contribution >= 4 is 0 Å². The summed E-state index contributed by atoms with van der Waals surface area (Å²) in [5.74, 6) is 0.686. The molecule has 0 aromatic carbocycles. The van der Waals surface area contributed by atoms with Crippen LogP contribution >= 0.6 is 0 Å². The summed E-state index contributed by atoms with van der Waals surface area (Å²) in [5.41, 5.74) is 0.327. The van der Waals surface area contributed by atoms with Crippen LogP contribution in [-0.2, 0) is 9.47 Å². The monoisotopic (exact) mass is 256 g/mol. The topological polar surface area (TPSA) is 42.5 Å². The summed E-state index contributed by atoms with van der Waals surface area (Å²) in [6.07, 6.45) is 3.62. The molecule has 0 aliphatic carbocycles. The average molecular weight is 256 g/mol. The van der Waals surface area contributed by atoms with Crippen LogP contribution in [0.5, 0.6) is 0 Å². The Hall–Kier alpha value is -0.160. The van der Waals surface area contributed by atoms with Crippen molar-refractivity contribution in [3.63, 3.8) is 0 Å². The Morgan fingerprint density at radius 3 is 2.83 bits per heavy atom. The van der Waals surface area contributed by atoms with Crippen LogP contribution in [0, 0.1) is 11.3 Å². The highest BCUT2D eigenvalue weighted by Gasteiger charge is 2.33. The van der Waals surface area contributed by atoms with Gasteiger partial charge in [0.2, 0.25) is 0 Å². The fourth-order valence-corrected chi connectivity index (χ4v) is 3.13. The van der Waals surface area contributed by atoms with E-state index < -0.39 is 0 Å². The molecule has 2 aliphatic rings. The van der Waals surface area contributed by atoms with E-state index in [1.807, 2.05) is 7.11 Å². The Balaban J connectivity index is 1.80. The first-order valence-corrected chi connectivity index (χ1v) is 7.27. The van der Waals surface area contributed by atoms with Gasteiger partial charge in [-0.15, -0.1) is 0 Å². The van der Waals surface area contributed by atoms with Gasteiger partial charge in [0, 0.05) is 31.7 Å². The van der Waals surface area contributed by atoms with Crippen molar-refractivity contribution in [2.45, 2.75) is 32.2 Å². The van der Waals surface area contributed by atoms with E-state index in [4.69, 9.17) is 9.47 Å². The number of nitrogens with one attached hydrogen (secondary N) is 2. The molecule has 2 heterocycles. The molecule has 4 heteroatoms. The fraction of sp³-hybridized carbons (Fsp3) is 1.00. The molecule has 0 amide bonds. The lowest BCUT2D eigenvalue weighted by Crippen LogP contribution is -2.48. The average Bonchev–Trinajstić information content (AvgIpc) is 2.91. The molecule has 2 rings (SSSR count). The Bertz CT molecular complexity index is 230. The summed E-state index contributed by atoms with van der Waals surface area (Å²) in [7, 11) is 1.82. The first-order valence-electron chi connectivity index (χ1n) is 7.27. The molecule has 106 valence electrons. The van der Waals surface area contributed by atoms with Crippen LogP contribution in [0.4, 0.5) is 0 Å². The molecule has 2 N–H and O–H groups in total. The highest BCUT2D eigenvalue weighted by atomic mass is 16.5. The second-order valence-electron chi connectivity index (χ2n) is 5.98. The molecular weight excluding hydrogens is 228 g/mol. The first kappa shape index (κ1) is 14.3. The van der Waals surface area contributed by atoms with E-state index >= 15 is 0 Å². The molecule has 4 nitrogen and oxygen atoms in total. The summed E-state index contributed by atoms with van der Waals surface area (Å²) in [5, 5.41) is 7.17. The smallest absolute Gasteiger partial charge is 0.0531 e. The molecular formula is C14H28N2O2. The van der Waals surface area contributed by atoms with Gasteiger partial charge < -0.3 is 20.1 Å². The van der Waals surface area contributed by atoms with Gasteiger partial charge in [-0.3, -0.25) is 0 Å². The first-order chi connectivity index (χ1) is 8.76. The standard InChI is InChI=1S/C14H28N2O2/c1-12(13-3-8-18-9-13)16-10-14(11-17-2)4-6-15-7-5-14/h12-13,15-16H,3-11H2,1-2H3. The maximum atomic E-state index is 5.47. The predicted molar refractivity (Wildman–Crippen MR) is 72.8 cm³/mol. The highest BCUT2D eigenvalue weighted by Crippen LogP contribution is 2.29. The molecule has 0 saturated carbocycles. The molecule has 2 aliphatic heterocycles. The maximum Gasteiger partial charge on any atom is 0.0531 e. The minimum atomic E-state index is 0.327. The minimum Gasteiger partial charge on any atom is -0.384 e. The summed E-state index contributed by atoms with van der Waals surface area (Å²) < 4.78 is 10.9. The second kappa shape index (κ2) is 6.85. The van der Waals surface area contributed by atoms with Crippen LogP contribution in [0.1, 0.15) is 26.2 Å². The third-order valence-electron chi connectivity index (χ3n) is 4.59. The van der Waals surface area contributed by atoms with E-state index in [1.165, 1.54) is 19.3 Å². The van der Waals surface area contributed by atoms with Gasteiger partial charge in [-0.2, -0.15) is 0 Å². The van der Waals surface area contributed by atoms with Gasteiger partial charge in [0.1, 0.15) is 0 Å². The molecule has 0 bridgehead atoms. The molecule has 2 unspecified atom stereocenters. The zero-order chi connectivity index (χ0) is 12.8. The van der Waals surface area contributed by atoms with Crippen LogP contribution in [0.2, 0.25) is 0 Å². The van der Waals surface area contributed by atoms with E-state index in [2.05, 4.69) is 17.6 Å². The lowest BCUT2D eigenvalue weighted by molar-refractivity contribution is 0.0499. The highest BCUT2D eigenvalue weighted by molar-refractivity contribution is 4.88. The van der Waals surface area contributed by atoms with Crippen molar-refractivity contribution in [1.82, 2.24) is 10.6 Å². The number of hydrogen-bond acceptors (Lipinski definition) is 4. The van der Waals surface area contributed by atoms with Crippen molar-refractivity contribution in [3.8, 4) is 0 Å². The zero-order valence-electron chi connectivity index (χ0n) is 11.8. The maximum absolute atomic E-state index is 5.47. The molecule has 0 aromatic rings. The Morgan fingerprint density at radius 2 is 2.22 bits per heavy atom. The van der Waals surface area contributed by atoms with Crippen molar-refractivity contribution in [2.24, 2.45) is 11.3 Å². The number of hydrogen-bond donors (Lipinski definition) is 2. The molecule has 2 atom stereocenters. The van der Waals surface area contributed by atoms with Crippen LogP contribution < -0.4 is 10.6 Å². The quantitative estimate of drug-likeness (QED) is 0.744. The van der Waals surface area contributed by atoms with Crippen LogP contribution in [0.15, 0.2) is 0 Å². The molecule has 2 saturated heterocycles. The number of rotatable bonds is 6. The van der Waals surface area contributed by atoms with E-state index in [0.717, 1.165) is 39.5 Å². The van der Waals surface area contributed by atoms with Gasteiger partial charge in [0.15, 0.2) is 0 Å². The van der Waals surface area contributed by atoms with Gasteiger partial charge in [0.25, 0.3) is 0 Å². The van der Waals surface area contributed by atoms with Gasteiger partial charge in [-0.25, -0.2) is 0 Å². The van der Waals surface area contributed by atoms with E-state index in [-0.39, 0.29) is 0 Å². The third-order valence-corrected chi connectivity index (χ3v) is 4.59. The zero-order valence-corrected chi connectivity index (χ0v) is 11.8. The lowest BCUT2D eigenvalue weighted by Gasteiger charge is -2.38. The molecule has 2 fully saturated rings. The van der Waals surface area contributed by atoms with Gasteiger partial charge >= 0.3 is 0 Å². The van der Waals surface area contributed by atoms with E-state index in [9.17, 15) is 0 Å².